The predicted octanol–water partition coefficient (Wildman–Crippen LogP) is 2.88. The zero-order valence-electron chi connectivity index (χ0n) is 18.9. The summed E-state index contributed by atoms with van der Waals surface area (Å²) in [5.74, 6) is 1.34. The first-order valence-corrected chi connectivity index (χ1v) is 10.9. The van der Waals surface area contributed by atoms with Crippen molar-refractivity contribution in [2.45, 2.75) is 46.6 Å². The normalized spacial score (nSPS) is 16.2. The fraction of sp³-hybridized carbons (Fsp3) is 0.565. The van der Waals surface area contributed by atoms with Crippen LogP contribution in [0.2, 0.25) is 0 Å². The van der Waals surface area contributed by atoms with Gasteiger partial charge in [0.25, 0.3) is 0 Å². The summed E-state index contributed by atoms with van der Waals surface area (Å²) in [7, 11) is 0. The molecule has 3 rings (SSSR count). The van der Waals surface area contributed by atoms with Crippen LogP contribution in [-0.2, 0) is 9.59 Å². The lowest BCUT2D eigenvalue weighted by atomic mass is 9.96. The van der Waals surface area contributed by atoms with E-state index in [1.807, 2.05) is 56.0 Å². The fourth-order valence-corrected chi connectivity index (χ4v) is 3.49. The van der Waals surface area contributed by atoms with E-state index in [-0.39, 0.29) is 17.9 Å². The Bertz CT molecular complexity index is 867. The maximum atomic E-state index is 12.5. The van der Waals surface area contributed by atoms with E-state index in [4.69, 9.17) is 4.52 Å². The molecule has 1 saturated heterocycles. The molecule has 168 valence electrons. The predicted molar refractivity (Wildman–Crippen MR) is 118 cm³/mol. The standard InChI is InChI=1S/C23H33N5O3/c1-17(21-25-20(26-31-21)18-9-6-5-7-10-18)27-13-15-28(16-14-27)19(29)11-8-12-24-22(30)23(2,3)4/h5-7,9-10,17H,8,11-16H2,1-4H3,(H,24,30). The van der Waals surface area contributed by atoms with Crippen LogP contribution in [0.4, 0.5) is 0 Å². The molecule has 1 unspecified atom stereocenters. The molecule has 0 spiro atoms. The molecule has 8 nitrogen and oxygen atoms in total. The summed E-state index contributed by atoms with van der Waals surface area (Å²) in [5.41, 5.74) is 0.524. The van der Waals surface area contributed by atoms with Crippen molar-refractivity contribution in [1.29, 1.82) is 0 Å². The summed E-state index contributed by atoms with van der Waals surface area (Å²) in [5, 5.41) is 7.00. The second-order valence-corrected chi connectivity index (χ2v) is 9.02. The van der Waals surface area contributed by atoms with Crippen LogP contribution in [-0.4, -0.2) is 64.5 Å². The molecule has 2 aromatic rings. The Balaban J connectivity index is 1.42. The van der Waals surface area contributed by atoms with Crippen molar-refractivity contribution in [3.8, 4) is 11.4 Å². The third kappa shape index (κ3) is 6.13. The highest BCUT2D eigenvalue weighted by atomic mass is 16.5. The van der Waals surface area contributed by atoms with E-state index in [9.17, 15) is 9.59 Å². The van der Waals surface area contributed by atoms with E-state index in [2.05, 4.69) is 27.3 Å². The highest BCUT2D eigenvalue weighted by Gasteiger charge is 2.27. The first-order valence-electron chi connectivity index (χ1n) is 10.9. The molecule has 1 aliphatic rings. The second kappa shape index (κ2) is 10.0. The van der Waals surface area contributed by atoms with Gasteiger partial charge in [0.2, 0.25) is 23.5 Å². The molecule has 31 heavy (non-hydrogen) atoms. The molecule has 1 N–H and O–H groups in total. The van der Waals surface area contributed by atoms with Gasteiger partial charge < -0.3 is 14.7 Å². The first-order chi connectivity index (χ1) is 14.8. The van der Waals surface area contributed by atoms with Gasteiger partial charge in [-0.3, -0.25) is 14.5 Å². The van der Waals surface area contributed by atoms with E-state index >= 15 is 0 Å². The number of piperazine rings is 1. The highest BCUT2D eigenvalue weighted by Crippen LogP contribution is 2.23. The van der Waals surface area contributed by atoms with Crippen molar-refractivity contribution < 1.29 is 14.1 Å². The van der Waals surface area contributed by atoms with Crippen molar-refractivity contribution >= 4 is 11.8 Å². The van der Waals surface area contributed by atoms with Gasteiger partial charge in [-0.25, -0.2) is 0 Å². The minimum Gasteiger partial charge on any atom is -0.356 e. The molecule has 1 aromatic heterocycles. The number of nitrogens with zero attached hydrogens (tertiary/aromatic N) is 4. The van der Waals surface area contributed by atoms with Crippen LogP contribution in [0, 0.1) is 5.41 Å². The number of carbonyl (C=O) groups is 2. The monoisotopic (exact) mass is 427 g/mol. The van der Waals surface area contributed by atoms with Gasteiger partial charge in [0, 0.05) is 50.1 Å². The summed E-state index contributed by atoms with van der Waals surface area (Å²) in [6.07, 6.45) is 1.10. The molecule has 1 atom stereocenters. The molecular weight excluding hydrogens is 394 g/mol. The molecular formula is C23H33N5O3. The average molecular weight is 428 g/mol. The topological polar surface area (TPSA) is 91.6 Å². The number of rotatable bonds is 7. The largest absolute Gasteiger partial charge is 0.356 e. The van der Waals surface area contributed by atoms with Crippen molar-refractivity contribution in [2.24, 2.45) is 5.41 Å². The molecule has 2 heterocycles. The van der Waals surface area contributed by atoms with Gasteiger partial charge in [0.15, 0.2) is 0 Å². The minimum absolute atomic E-state index is 0.00479. The van der Waals surface area contributed by atoms with Gasteiger partial charge in [-0.15, -0.1) is 0 Å². The number of hydrogen-bond donors (Lipinski definition) is 1. The van der Waals surface area contributed by atoms with Crippen LogP contribution in [0.25, 0.3) is 11.4 Å². The zero-order valence-corrected chi connectivity index (χ0v) is 18.9. The van der Waals surface area contributed by atoms with E-state index in [0.717, 1.165) is 18.7 Å². The lowest BCUT2D eigenvalue weighted by Gasteiger charge is -2.36. The molecule has 0 aliphatic carbocycles. The number of carbonyl (C=O) groups excluding carboxylic acids is 2. The van der Waals surface area contributed by atoms with Crippen LogP contribution in [0.15, 0.2) is 34.9 Å². The van der Waals surface area contributed by atoms with Gasteiger partial charge in [0.05, 0.1) is 6.04 Å². The zero-order chi connectivity index (χ0) is 22.4. The SMILES string of the molecule is CC(c1nc(-c2ccccc2)no1)N1CCN(C(=O)CCCNC(=O)C(C)(C)C)CC1. The van der Waals surface area contributed by atoms with Crippen LogP contribution in [0.5, 0.6) is 0 Å². The summed E-state index contributed by atoms with van der Waals surface area (Å²) >= 11 is 0. The molecule has 1 fully saturated rings. The van der Waals surface area contributed by atoms with E-state index in [0.29, 0.717) is 44.2 Å². The number of aromatic nitrogens is 2. The van der Waals surface area contributed by atoms with Crippen LogP contribution in [0.1, 0.15) is 52.5 Å². The van der Waals surface area contributed by atoms with Crippen LogP contribution < -0.4 is 5.32 Å². The molecule has 2 amide bonds. The molecule has 1 aliphatic heterocycles. The van der Waals surface area contributed by atoms with Gasteiger partial charge in [0.1, 0.15) is 0 Å². The van der Waals surface area contributed by atoms with E-state index in [1.54, 1.807) is 0 Å². The van der Waals surface area contributed by atoms with Crippen molar-refractivity contribution in [2.75, 3.05) is 32.7 Å². The minimum atomic E-state index is -0.405. The van der Waals surface area contributed by atoms with Gasteiger partial charge in [-0.05, 0) is 13.3 Å². The second-order valence-electron chi connectivity index (χ2n) is 9.02. The molecule has 0 radical (unpaired) electrons. The fourth-order valence-electron chi connectivity index (χ4n) is 3.49. The third-order valence-corrected chi connectivity index (χ3v) is 5.58. The molecule has 0 saturated carbocycles. The van der Waals surface area contributed by atoms with Crippen LogP contribution in [0.3, 0.4) is 0 Å². The quantitative estimate of drug-likeness (QED) is 0.683. The summed E-state index contributed by atoms with van der Waals surface area (Å²) in [6, 6.07) is 9.76. The summed E-state index contributed by atoms with van der Waals surface area (Å²) < 4.78 is 5.50. The van der Waals surface area contributed by atoms with Gasteiger partial charge >= 0.3 is 0 Å². The molecule has 1 aromatic carbocycles. The summed E-state index contributed by atoms with van der Waals surface area (Å²) in [6.45, 7) is 11.1. The molecule has 0 bridgehead atoms. The lowest BCUT2D eigenvalue weighted by molar-refractivity contribution is -0.134. The Morgan fingerprint density at radius 1 is 1.13 bits per heavy atom. The van der Waals surface area contributed by atoms with E-state index in [1.165, 1.54) is 0 Å². The maximum absolute atomic E-state index is 12.5. The average Bonchev–Trinajstić information content (AvgIpc) is 3.26. The van der Waals surface area contributed by atoms with Gasteiger partial charge in [-0.2, -0.15) is 4.98 Å². The Kier molecular flexibility index (Phi) is 7.43. The number of hydrogen-bond acceptors (Lipinski definition) is 6. The Morgan fingerprint density at radius 3 is 2.45 bits per heavy atom. The number of benzene rings is 1. The Hall–Kier alpha value is -2.74. The Labute approximate surface area is 184 Å². The van der Waals surface area contributed by atoms with Crippen molar-refractivity contribution in [3.05, 3.63) is 36.2 Å². The summed E-state index contributed by atoms with van der Waals surface area (Å²) in [4.78, 5) is 33.1. The smallest absolute Gasteiger partial charge is 0.244 e. The van der Waals surface area contributed by atoms with Crippen molar-refractivity contribution in [1.82, 2.24) is 25.3 Å². The van der Waals surface area contributed by atoms with Crippen molar-refractivity contribution in [3.63, 3.8) is 0 Å². The van der Waals surface area contributed by atoms with E-state index < -0.39 is 5.41 Å². The highest BCUT2D eigenvalue weighted by molar-refractivity contribution is 5.81. The number of amides is 2. The Morgan fingerprint density at radius 2 is 1.81 bits per heavy atom. The maximum Gasteiger partial charge on any atom is 0.244 e. The van der Waals surface area contributed by atoms with Gasteiger partial charge in [-0.1, -0.05) is 56.3 Å². The lowest BCUT2D eigenvalue weighted by Crippen LogP contribution is -2.49. The third-order valence-electron chi connectivity index (χ3n) is 5.58. The molecule has 8 heteroatoms. The van der Waals surface area contributed by atoms with Crippen LogP contribution >= 0.6 is 0 Å². The number of nitrogens with one attached hydrogen (secondary N) is 1. The first kappa shape index (κ1) is 22.9.